The van der Waals surface area contributed by atoms with Gasteiger partial charge in [0, 0.05) is 109 Å². The van der Waals surface area contributed by atoms with Crippen LogP contribution in [0.4, 0.5) is 48.6 Å². The molecule has 0 saturated carbocycles. The maximum Gasteiger partial charge on any atom is 0.433 e. The van der Waals surface area contributed by atoms with Crippen molar-refractivity contribution in [2.24, 2.45) is 21.1 Å². The van der Waals surface area contributed by atoms with E-state index in [0.717, 1.165) is 123 Å². The van der Waals surface area contributed by atoms with Crippen molar-refractivity contribution in [2.45, 2.75) is 76.8 Å². The number of carbonyl (C=O) groups is 3. The van der Waals surface area contributed by atoms with Crippen molar-refractivity contribution in [3.63, 3.8) is 0 Å². The first-order valence-corrected chi connectivity index (χ1v) is 32.5. The van der Waals surface area contributed by atoms with Crippen molar-refractivity contribution in [1.29, 1.82) is 0 Å². The summed E-state index contributed by atoms with van der Waals surface area (Å²) in [4.78, 5) is 71.2. The number of thiazole rings is 2. The summed E-state index contributed by atoms with van der Waals surface area (Å²) in [5.41, 5.74) is 4.42. The molecule has 24 nitrogen and oxygen atoms in total. The van der Waals surface area contributed by atoms with Gasteiger partial charge < -0.3 is 14.7 Å². The number of ketones is 3. The Morgan fingerprint density at radius 3 is 1.31 bits per heavy atom. The normalized spacial score (nSPS) is 14.3. The fourth-order valence-electron chi connectivity index (χ4n) is 11.6. The van der Waals surface area contributed by atoms with E-state index in [1.54, 1.807) is 65.4 Å². The lowest BCUT2D eigenvalue weighted by atomic mass is 10.0. The molecule has 0 aliphatic carbocycles. The maximum atomic E-state index is 13.2. The molecule has 12 aromatic heterocycles. The monoisotopic (exact) mass is 1380 g/mol. The number of pyridine rings is 4. The van der Waals surface area contributed by atoms with Crippen molar-refractivity contribution in [1.82, 2.24) is 88.1 Å². The molecule has 0 N–H and O–H groups in total. The van der Waals surface area contributed by atoms with Crippen LogP contribution in [0.15, 0.2) is 97.2 Å². The van der Waals surface area contributed by atoms with Crippen LogP contribution in [0.5, 0.6) is 0 Å². The van der Waals surface area contributed by atoms with Crippen molar-refractivity contribution >= 4 is 86.4 Å². The molecule has 0 bridgehead atoms. The number of rotatable bonds is 17. The second kappa shape index (κ2) is 27.1. The van der Waals surface area contributed by atoms with Crippen LogP contribution < -0.4 is 14.7 Å². The van der Waals surface area contributed by atoms with E-state index < -0.39 is 30.4 Å². The van der Waals surface area contributed by atoms with Gasteiger partial charge in [-0.2, -0.15) is 43.4 Å². The first-order chi connectivity index (χ1) is 46.2. The first kappa shape index (κ1) is 64.8. The van der Waals surface area contributed by atoms with Crippen LogP contribution >= 0.6 is 34.3 Å². The van der Waals surface area contributed by atoms with Crippen LogP contribution in [-0.4, -0.2) is 145 Å². The van der Waals surface area contributed by atoms with Gasteiger partial charge in [0.2, 0.25) is 17.8 Å². The molecule has 0 atom stereocenters. The number of halogens is 8. The second-order valence-corrected chi connectivity index (χ2v) is 25.4. The van der Waals surface area contributed by atoms with Crippen LogP contribution in [0.1, 0.15) is 117 Å². The van der Waals surface area contributed by atoms with Crippen LogP contribution in [0, 0.1) is 0 Å². The van der Waals surface area contributed by atoms with Crippen LogP contribution in [0.25, 0.3) is 49.3 Å². The number of carbonyl (C=O) groups excluding carboxylic acids is 3. The first-order valence-electron chi connectivity index (χ1n) is 30.4. The molecule has 0 aromatic carbocycles. The number of nitrogens with zero attached hydrogens (tertiary/aromatic N) is 21. The highest BCUT2D eigenvalue weighted by atomic mass is 35.5. The third kappa shape index (κ3) is 13.7. The topological polar surface area (TPSA) is 244 Å². The van der Waals surface area contributed by atoms with Gasteiger partial charge in [0.15, 0.2) is 34.3 Å². The predicted octanol–water partition coefficient (Wildman–Crippen LogP) is 11.3. The van der Waals surface area contributed by atoms with Crippen LogP contribution in [-0.2, 0) is 46.6 Å². The molecule has 3 saturated heterocycles. The zero-order valence-electron chi connectivity index (χ0n) is 51.5. The highest BCUT2D eigenvalue weighted by molar-refractivity contribution is 7.19. The maximum absolute atomic E-state index is 13.2. The van der Waals surface area contributed by atoms with Crippen molar-refractivity contribution in [3.8, 4) is 32.4 Å². The Balaban J connectivity index is 0.000000130. The summed E-state index contributed by atoms with van der Waals surface area (Å²) < 4.78 is 101. The zero-order chi connectivity index (χ0) is 67.1. The van der Waals surface area contributed by atoms with E-state index in [2.05, 4.69) is 75.2 Å². The molecule has 496 valence electrons. The third-order valence-electron chi connectivity index (χ3n) is 16.4. The predicted molar refractivity (Wildman–Crippen MR) is 342 cm³/mol. The molecule has 12 aromatic rings. The zero-order valence-corrected chi connectivity index (χ0v) is 53.8. The Morgan fingerprint density at radius 1 is 0.521 bits per heavy atom. The van der Waals surface area contributed by atoms with Gasteiger partial charge in [-0.3, -0.25) is 28.4 Å². The molecule has 3 fully saturated rings. The van der Waals surface area contributed by atoms with Crippen LogP contribution in [0.3, 0.4) is 0 Å². The summed E-state index contributed by atoms with van der Waals surface area (Å²) in [7, 11) is 4.86. The summed E-state index contributed by atoms with van der Waals surface area (Å²) in [5, 5.41) is 27.8. The van der Waals surface area contributed by atoms with Gasteiger partial charge in [-0.25, -0.2) is 46.1 Å². The molecule has 3 aliphatic heterocycles. The van der Waals surface area contributed by atoms with Crippen molar-refractivity contribution in [3.05, 3.63) is 152 Å². The molecule has 0 amide bonds. The molecule has 0 spiro atoms. The van der Waals surface area contributed by atoms with E-state index in [-0.39, 0.29) is 74.3 Å². The van der Waals surface area contributed by atoms with E-state index >= 15 is 0 Å². The van der Waals surface area contributed by atoms with Gasteiger partial charge in [0.1, 0.15) is 48.5 Å². The van der Waals surface area contributed by atoms with Gasteiger partial charge in [-0.1, -0.05) is 17.7 Å². The number of aromatic nitrogens is 18. The smallest absolute Gasteiger partial charge is 0.340 e. The second-order valence-electron chi connectivity index (χ2n) is 23.0. The number of alkyl halides is 7. The number of fused-ring (bicyclic) bond motifs is 3. The lowest BCUT2D eigenvalue weighted by Crippen LogP contribution is -2.19. The standard InChI is InChI=1S/C22H20F3N7O.C20H18ClF2N7OS.C20H19F2N7OS/c1-30-20(15(13-26-30)16-5-4-6-18(27-16)22(23,24)25)17(33)11-14-7-10-32-19(12-14)28-21(29-32)31-8-2-3-9-31;1-28-16(12(10-24-28)19-26-15(18(22)23)17(21)32-19)13(31)8-11-4-7-30-14(9-11)25-20(27-30)29-5-2-3-6-29;1-27-17(13(10-23-27)19-24-14(11-31-19)18(21)22)15(30)8-12-4-7-29-16(9-12)25-20(26-29)28-5-2-3-6-28/h4-7,10,12-13H,2-3,8-9,11H2,1H3;4,7,9-10,18H,2-3,5-6,8H2,1H3;4,7,9-11,18H,2-3,5-6,8H2,1H3. The minimum Gasteiger partial charge on any atom is -0.340 e. The Morgan fingerprint density at radius 2 is 0.927 bits per heavy atom. The number of anilines is 3. The van der Waals surface area contributed by atoms with Crippen molar-refractivity contribution < 1.29 is 45.1 Å². The van der Waals surface area contributed by atoms with Gasteiger partial charge in [-0.05, 0) is 104 Å². The molecule has 3 aliphatic rings. The quantitative estimate of drug-likeness (QED) is 0.0607. The summed E-state index contributed by atoms with van der Waals surface area (Å²) >= 11 is 7.89. The minimum atomic E-state index is -4.58. The molecule has 15 heterocycles. The molecular formula is C62H57ClF7N21O3S2. The number of hydrogen-bond acceptors (Lipinski definition) is 20. The van der Waals surface area contributed by atoms with E-state index in [4.69, 9.17) is 11.6 Å². The largest absolute Gasteiger partial charge is 0.433 e. The average Bonchev–Trinajstić information content (AvgIpc) is 1.65. The van der Waals surface area contributed by atoms with E-state index in [1.807, 2.05) is 24.3 Å². The van der Waals surface area contributed by atoms with Gasteiger partial charge in [0.05, 0.1) is 35.4 Å². The van der Waals surface area contributed by atoms with E-state index in [1.165, 1.54) is 50.1 Å². The number of Topliss-reactive ketones (excluding diaryl/α,β-unsaturated/α-hetero) is 3. The van der Waals surface area contributed by atoms with Crippen molar-refractivity contribution in [2.75, 3.05) is 54.0 Å². The SMILES string of the molecule is Cn1ncc(-c2cccc(C(F)(F)F)n2)c1C(=O)Cc1ccn2nc(N3CCCC3)nc2c1.Cn1ncc(-c2nc(C(F)F)c(Cl)s2)c1C(=O)Cc1ccn2nc(N3CCCC3)nc2c1.Cn1ncc(-c2nc(C(F)F)cs2)c1C(=O)Cc1ccn2nc(N3CCCC3)nc2c1. The summed E-state index contributed by atoms with van der Waals surface area (Å²) in [5.74, 6) is 1.39. The highest BCUT2D eigenvalue weighted by Crippen LogP contribution is 2.39. The fraction of sp³-hybridized carbons (Fsp3) is 0.339. The molecule has 15 rings (SSSR count). The molecule has 0 unspecified atom stereocenters. The van der Waals surface area contributed by atoms with E-state index in [0.29, 0.717) is 56.6 Å². The Hall–Kier alpha value is -9.89. The minimum absolute atomic E-state index is 0.0356. The van der Waals surface area contributed by atoms with Gasteiger partial charge in [0.25, 0.3) is 12.9 Å². The van der Waals surface area contributed by atoms with E-state index in [9.17, 15) is 45.1 Å². The Kier molecular flexibility index (Phi) is 18.3. The highest BCUT2D eigenvalue weighted by Gasteiger charge is 2.34. The molecule has 0 radical (unpaired) electrons. The summed E-state index contributed by atoms with van der Waals surface area (Å²) in [6.07, 6.45) is 6.63. The molecular weight excluding hydrogens is 1320 g/mol. The fourth-order valence-corrected chi connectivity index (χ4v) is 13.6. The molecule has 96 heavy (non-hydrogen) atoms. The van der Waals surface area contributed by atoms with Gasteiger partial charge in [-0.15, -0.1) is 38.0 Å². The lowest BCUT2D eigenvalue weighted by Gasteiger charge is -2.10. The number of aryl methyl sites for hydroxylation is 3. The summed E-state index contributed by atoms with van der Waals surface area (Å²) in [6, 6.07) is 14.5. The number of hydrogen-bond donors (Lipinski definition) is 0. The Bertz CT molecular complexity index is 4850. The lowest BCUT2D eigenvalue weighted by molar-refractivity contribution is -0.141. The van der Waals surface area contributed by atoms with Gasteiger partial charge >= 0.3 is 6.18 Å². The molecule has 34 heteroatoms. The Labute approximate surface area is 553 Å². The third-order valence-corrected chi connectivity index (χ3v) is 18.6. The van der Waals surface area contributed by atoms with Crippen LogP contribution in [0.2, 0.25) is 4.34 Å². The summed E-state index contributed by atoms with van der Waals surface area (Å²) in [6.45, 7) is 5.65. The average molecular weight is 1380 g/mol.